The summed E-state index contributed by atoms with van der Waals surface area (Å²) in [5.41, 5.74) is 2.62. The lowest BCUT2D eigenvalue weighted by Crippen LogP contribution is -2.35. The van der Waals surface area contributed by atoms with Crippen LogP contribution in [0.5, 0.6) is 0 Å². The van der Waals surface area contributed by atoms with Gasteiger partial charge in [0.15, 0.2) is 0 Å². The third-order valence-electron chi connectivity index (χ3n) is 5.89. The van der Waals surface area contributed by atoms with Gasteiger partial charge in [0, 0.05) is 5.69 Å². The summed E-state index contributed by atoms with van der Waals surface area (Å²) in [4.78, 5) is 12.5. The van der Waals surface area contributed by atoms with Crippen molar-refractivity contribution < 1.29 is 22.7 Å². The summed E-state index contributed by atoms with van der Waals surface area (Å²) in [6, 6.07) is 4.95. The molecule has 0 radical (unpaired) electrons. The van der Waals surface area contributed by atoms with Crippen molar-refractivity contribution in [3.8, 4) is 0 Å². The van der Waals surface area contributed by atoms with Crippen LogP contribution in [0.4, 0.5) is 14.9 Å². The van der Waals surface area contributed by atoms with Gasteiger partial charge in [0.1, 0.15) is 5.82 Å². The van der Waals surface area contributed by atoms with Crippen LogP contribution in [0.3, 0.4) is 0 Å². The fraction of sp³-hybridized carbons (Fsp3) is 0.409. The molecular weight excluding hydrogens is 407 g/mol. The summed E-state index contributed by atoms with van der Waals surface area (Å²) in [7, 11) is -4.15. The molecule has 0 unspecified atom stereocenters. The first-order chi connectivity index (χ1) is 14.1. The molecule has 0 spiro atoms. The zero-order valence-electron chi connectivity index (χ0n) is 17.0. The number of nitrogens with one attached hydrogen (secondary N) is 2. The van der Waals surface area contributed by atoms with Crippen molar-refractivity contribution >= 4 is 21.7 Å². The molecule has 2 amide bonds. The zero-order valence-corrected chi connectivity index (χ0v) is 17.8. The molecule has 2 aliphatic rings. The van der Waals surface area contributed by atoms with Crippen LogP contribution in [0.1, 0.15) is 54.5 Å². The quantitative estimate of drug-likeness (QED) is 0.689. The second kappa shape index (κ2) is 7.35. The molecule has 2 aliphatic carbocycles. The largest absolute Gasteiger partial charge is 0.386 e. The Kier molecular flexibility index (Phi) is 5.10. The van der Waals surface area contributed by atoms with Crippen LogP contribution in [-0.4, -0.2) is 19.6 Å². The van der Waals surface area contributed by atoms with Crippen molar-refractivity contribution in [1.82, 2.24) is 4.72 Å². The van der Waals surface area contributed by atoms with E-state index in [0.717, 1.165) is 24.0 Å². The minimum atomic E-state index is -4.15. The van der Waals surface area contributed by atoms with Crippen molar-refractivity contribution in [2.24, 2.45) is 0 Å². The Morgan fingerprint density at radius 3 is 2.17 bits per heavy atom. The SMILES string of the molecule is CC(C)(O)c1cccc(S(=O)(=O)NC(=O)Nc2c3c(c(F)c4c2CCC4)CCC3)c1. The number of hydrogen-bond acceptors (Lipinski definition) is 4. The highest BCUT2D eigenvalue weighted by Crippen LogP contribution is 2.40. The molecule has 6 nitrogen and oxygen atoms in total. The molecule has 0 bridgehead atoms. The fourth-order valence-electron chi connectivity index (χ4n) is 4.40. The number of carbonyl (C=O) groups excluding carboxylic acids is 1. The van der Waals surface area contributed by atoms with E-state index in [4.69, 9.17) is 0 Å². The minimum Gasteiger partial charge on any atom is -0.386 e. The van der Waals surface area contributed by atoms with Crippen LogP contribution in [-0.2, 0) is 41.3 Å². The highest BCUT2D eigenvalue weighted by Gasteiger charge is 2.30. The van der Waals surface area contributed by atoms with Gasteiger partial charge >= 0.3 is 6.03 Å². The van der Waals surface area contributed by atoms with E-state index in [1.54, 1.807) is 19.9 Å². The van der Waals surface area contributed by atoms with Gasteiger partial charge in [0.2, 0.25) is 0 Å². The van der Waals surface area contributed by atoms with Crippen LogP contribution < -0.4 is 10.0 Å². The molecule has 30 heavy (non-hydrogen) atoms. The van der Waals surface area contributed by atoms with Gasteiger partial charge in [-0.25, -0.2) is 22.3 Å². The van der Waals surface area contributed by atoms with E-state index in [2.05, 4.69) is 5.32 Å². The number of aliphatic hydroxyl groups is 1. The van der Waals surface area contributed by atoms with Crippen LogP contribution in [0.2, 0.25) is 0 Å². The molecule has 8 heteroatoms. The van der Waals surface area contributed by atoms with E-state index >= 15 is 0 Å². The number of amides is 2. The summed E-state index contributed by atoms with van der Waals surface area (Å²) in [5, 5.41) is 12.8. The van der Waals surface area contributed by atoms with Crippen molar-refractivity contribution in [2.45, 2.75) is 62.9 Å². The number of rotatable bonds is 4. The van der Waals surface area contributed by atoms with Crippen molar-refractivity contribution in [3.63, 3.8) is 0 Å². The van der Waals surface area contributed by atoms with Crippen molar-refractivity contribution in [3.05, 3.63) is 57.9 Å². The second-order valence-corrected chi connectivity index (χ2v) is 10.1. The molecule has 0 aliphatic heterocycles. The van der Waals surface area contributed by atoms with E-state index < -0.39 is 21.7 Å². The van der Waals surface area contributed by atoms with E-state index in [1.165, 1.54) is 18.2 Å². The maximum atomic E-state index is 14.8. The minimum absolute atomic E-state index is 0.119. The molecule has 0 aromatic heterocycles. The molecule has 3 N–H and O–H groups in total. The van der Waals surface area contributed by atoms with E-state index in [-0.39, 0.29) is 10.7 Å². The highest BCUT2D eigenvalue weighted by atomic mass is 32.2. The zero-order chi connectivity index (χ0) is 21.7. The standard InChI is InChI=1S/C22H25FN2O4S/c1-22(2,27)13-6-3-7-14(12-13)30(28,29)25-21(26)24-20-17-10-4-8-15(17)19(23)16-9-5-11-18(16)20/h3,6-7,12,27H,4-5,8-11H2,1-2H3,(H2,24,25,26). The Morgan fingerprint density at radius 1 is 1.03 bits per heavy atom. The molecule has 4 rings (SSSR count). The number of sulfonamides is 1. The predicted octanol–water partition coefficient (Wildman–Crippen LogP) is 3.54. The molecule has 0 fully saturated rings. The van der Waals surface area contributed by atoms with Gasteiger partial charge in [-0.1, -0.05) is 12.1 Å². The fourth-order valence-corrected chi connectivity index (χ4v) is 5.36. The molecule has 2 aromatic carbocycles. The summed E-state index contributed by atoms with van der Waals surface area (Å²) >= 11 is 0. The molecule has 2 aromatic rings. The number of urea groups is 1. The number of halogens is 1. The molecule has 0 saturated heterocycles. The van der Waals surface area contributed by atoms with Crippen LogP contribution in [0, 0.1) is 5.82 Å². The maximum absolute atomic E-state index is 14.8. The lowest BCUT2D eigenvalue weighted by molar-refractivity contribution is 0.0784. The average Bonchev–Trinajstić information content (AvgIpc) is 3.34. The maximum Gasteiger partial charge on any atom is 0.333 e. The Bertz CT molecular complexity index is 1100. The molecular formula is C22H25FN2O4S. The first-order valence-corrected chi connectivity index (χ1v) is 11.6. The molecule has 0 saturated carbocycles. The van der Waals surface area contributed by atoms with Crippen LogP contribution >= 0.6 is 0 Å². The number of fused-ring (bicyclic) bond motifs is 2. The monoisotopic (exact) mass is 432 g/mol. The van der Waals surface area contributed by atoms with E-state index in [0.29, 0.717) is 48.1 Å². The lowest BCUT2D eigenvalue weighted by Gasteiger charge is -2.19. The number of hydrogen-bond donors (Lipinski definition) is 3. The van der Waals surface area contributed by atoms with Crippen molar-refractivity contribution in [1.29, 1.82) is 0 Å². The summed E-state index contributed by atoms with van der Waals surface area (Å²) < 4.78 is 42.3. The first kappa shape index (κ1) is 20.8. The van der Waals surface area contributed by atoms with Gasteiger partial charge in [0.05, 0.1) is 10.5 Å². The highest BCUT2D eigenvalue weighted by molar-refractivity contribution is 7.90. The number of carbonyl (C=O) groups is 1. The number of anilines is 1. The number of benzene rings is 2. The van der Waals surface area contributed by atoms with Crippen LogP contribution in [0.25, 0.3) is 0 Å². The van der Waals surface area contributed by atoms with Gasteiger partial charge in [-0.3, -0.25) is 0 Å². The van der Waals surface area contributed by atoms with E-state index in [9.17, 15) is 22.7 Å². The van der Waals surface area contributed by atoms with Gasteiger partial charge in [-0.2, -0.15) is 0 Å². The van der Waals surface area contributed by atoms with E-state index in [1.807, 2.05) is 4.72 Å². The van der Waals surface area contributed by atoms with Gasteiger partial charge < -0.3 is 10.4 Å². The Labute approximate surface area is 175 Å². The van der Waals surface area contributed by atoms with Gasteiger partial charge in [0.25, 0.3) is 10.0 Å². The second-order valence-electron chi connectivity index (χ2n) is 8.46. The summed E-state index contributed by atoms with van der Waals surface area (Å²) in [6.07, 6.45) is 4.21. The predicted molar refractivity (Wildman–Crippen MR) is 111 cm³/mol. The Balaban J connectivity index is 1.61. The summed E-state index contributed by atoms with van der Waals surface area (Å²) in [5.74, 6) is -0.156. The average molecular weight is 433 g/mol. The van der Waals surface area contributed by atoms with Gasteiger partial charge in [-0.05, 0) is 92.3 Å². The molecule has 0 atom stereocenters. The van der Waals surface area contributed by atoms with Crippen molar-refractivity contribution in [2.75, 3.05) is 5.32 Å². The van der Waals surface area contributed by atoms with Gasteiger partial charge in [-0.15, -0.1) is 0 Å². The Hall–Kier alpha value is -2.45. The summed E-state index contributed by atoms with van der Waals surface area (Å²) in [6.45, 7) is 3.10. The third kappa shape index (κ3) is 3.70. The topological polar surface area (TPSA) is 95.5 Å². The third-order valence-corrected chi connectivity index (χ3v) is 7.21. The molecule has 160 valence electrons. The Morgan fingerprint density at radius 2 is 1.60 bits per heavy atom. The first-order valence-electron chi connectivity index (χ1n) is 10.1. The lowest BCUT2D eigenvalue weighted by atomic mass is 9.98. The molecule has 0 heterocycles. The normalized spacial score (nSPS) is 15.6. The smallest absolute Gasteiger partial charge is 0.333 e. The van der Waals surface area contributed by atoms with Crippen LogP contribution in [0.15, 0.2) is 29.2 Å².